The molecule has 2 heterocycles. The number of aromatic amines is 1. The van der Waals surface area contributed by atoms with Crippen molar-refractivity contribution in [3.05, 3.63) is 53.9 Å². The summed E-state index contributed by atoms with van der Waals surface area (Å²) < 4.78 is 67.1. The van der Waals surface area contributed by atoms with Crippen LogP contribution in [-0.2, 0) is 33.4 Å². The van der Waals surface area contributed by atoms with Crippen molar-refractivity contribution in [3.8, 4) is 0 Å². The van der Waals surface area contributed by atoms with Gasteiger partial charge in [-0.3, -0.25) is 8.42 Å². The second kappa shape index (κ2) is 9.91. The van der Waals surface area contributed by atoms with Crippen LogP contribution in [0.1, 0.15) is 44.9 Å². The normalized spacial score (nSPS) is 16.4. The molecular formula is C24H29F3N2O3S2. The van der Waals surface area contributed by atoms with Gasteiger partial charge in [-0.2, -0.15) is 13.2 Å². The molecule has 5 nitrogen and oxygen atoms in total. The molecule has 0 saturated carbocycles. The molecule has 3 atom stereocenters. The number of hydrogen-bond donors (Lipinski definition) is 2. The molecule has 3 unspecified atom stereocenters. The van der Waals surface area contributed by atoms with E-state index in [4.69, 9.17) is 0 Å². The average molecular weight is 515 g/mol. The largest absolute Gasteiger partial charge is 0.417 e. The van der Waals surface area contributed by atoms with Crippen molar-refractivity contribution in [2.45, 2.75) is 67.1 Å². The lowest BCUT2D eigenvalue weighted by atomic mass is 9.73. The summed E-state index contributed by atoms with van der Waals surface area (Å²) in [4.78, 5) is 7.52. The summed E-state index contributed by atoms with van der Waals surface area (Å²) in [6.45, 7) is 5.13. The first-order chi connectivity index (χ1) is 15.8. The first-order valence-electron chi connectivity index (χ1n) is 10.9. The van der Waals surface area contributed by atoms with Crippen molar-refractivity contribution in [1.29, 1.82) is 0 Å². The highest BCUT2D eigenvalue weighted by Gasteiger charge is 2.56. The number of H-pyrrole nitrogens is 1. The maximum atomic E-state index is 14.2. The minimum absolute atomic E-state index is 0.193. The second-order valence-corrected chi connectivity index (χ2v) is 12.0. The molecule has 34 heavy (non-hydrogen) atoms. The molecule has 0 spiro atoms. The van der Waals surface area contributed by atoms with Crippen LogP contribution in [0.5, 0.6) is 0 Å². The molecule has 10 heteroatoms. The molecule has 0 fully saturated rings. The third kappa shape index (κ3) is 5.60. The van der Waals surface area contributed by atoms with Gasteiger partial charge in [-0.25, -0.2) is 4.98 Å². The number of rotatable bonds is 9. The Hall–Kier alpha value is -2.04. The van der Waals surface area contributed by atoms with Crippen LogP contribution in [0, 0.1) is 0 Å². The van der Waals surface area contributed by atoms with Gasteiger partial charge in [0.2, 0.25) is 0 Å². The molecule has 0 aliphatic rings. The van der Waals surface area contributed by atoms with Gasteiger partial charge in [0.1, 0.15) is 5.03 Å². The SMILES string of the molecule is CCCS(=O)c1cc2cc(CC(O)(CC(C)(C)c3ccccc3S(C)=O)C(F)(F)F)[nH]c2cn1. The van der Waals surface area contributed by atoms with E-state index < -0.39 is 51.6 Å². The smallest absolute Gasteiger partial charge is 0.380 e. The van der Waals surface area contributed by atoms with Crippen LogP contribution in [0.25, 0.3) is 10.9 Å². The number of halogens is 3. The Balaban J connectivity index is 1.97. The Labute approximate surface area is 202 Å². The van der Waals surface area contributed by atoms with Gasteiger partial charge in [-0.1, -0.05) is 39.0 Å². The molecule has 0 aliphatic heterocycles. The minimum Gasteiger partial charge on any atom is -0.380 e. The summed E-state index contributed by atoms with van der Waals surface area (Å²) in [5, 5.41) is 11.9. The predicted molar refractivity (Wildman–Crippen MR) is 129 cm³/mol. The minimum atomic E-state index is -4.91. The quantitative estimate of drug-likeness (QED) is 0.420. The van der Waals surface area contributed by atoms with E-state index in [-0.39, 0.29) is 5.69 Å². The van der Waals surface area contributed by atoms with Crippen molar-refractivity contribution >= 4 is 32.5 Å². The van der Waals surface area contributed by atoms with Crippen LogP contribution >= 0.6 is 0 Å². The predicted octanol–water partition coefficient (Wildman–Crippen LogP) is 5.02. The highest BCUT2D eigenvalue weighted by Crippen LogP contribution is 2.44. The van der Waals surface area contributed by atoms with Crippen molar-refractivity contribution in [1.82, 2.24) is 9.97 Å². The zero-order chi connectivity index (χ0) is 25.3. The topological polar surface area (TPSA) is 83.0 Å². The molecule has 3 rings (SSSR count). The molecule has 0 bridgehead atoms. The summed E-state index contributed by atoms with van der Waals surface area (Å²) in [5.41, 5.74) is -2.96. The van der Waals surface area contributed by atoms with Crippen LogP contribution in [0.2, 0.25) is 0 Å². The number of benzene rings is 1. The number of nitrogens with one attached hydrogen (secondary N) is 1. The fourth-order valence-electron chi connectivity index (χ4n) is 4.26. The summed E-state index contributed by atoms with van der Waals surface area (Å²) in [6, 6.07) is 9.79. The number of pyridine rings is 1. The first-order valence-corrected chi connectivity index (χ1v) is 13.7. The second-order valence-electron chi connectivity index (χ2n) is 9.17. The van der Waals surface area contributed by atoms with Crippen LogP contribution < -0.4 is 0 Å². The first kappa shape index (κ1) is 26.6. The maximum Gasteiger partial charge on any atom is 0.417 e. The van der Waals surface area contributed by atoms with E-state index in [9.17, 15) is 26.7 Å². The van der Waals surface area contributed by atoms with Gasteiger partial charge in [0.15, 0.2) is 5.60 Å². The number of nitrogens with zero attached hydrogens (tertiary/aromatic N) is 1. The number of alkyl halides is 3. The molecule has 0 saturated heterocycles. The molecule has 0 aliphatic carbocycles. The molecule has 0 amide bonds. The van der Waals surface area contributed by atoms with Crippen LogP contribution in [-0.4, -0.2) is 47.3 Å². The zero-order valence-electron chi connectivity index (χ0n) is 19.5. The van der Waals surface area contributed by atoms with Crippen molar-refractivity contribution in [2.75, 3.05) is 12.0 Å². The fraction of sp³-hybridized carbons (Fsp3) is 0.458. The fourth-order valence-corrected chi connectivity index (χ4v) is 6.19. The molecule has 2 N–H and O–H groups in total. The maximum absolute atomic E-state index is 14.2. The third-order valence-corrected chi connectivity index (χ3v) is 8.27. The van der Waals surface area contributed by atoms with Gasteiger partial charge in [0, 0.05) is 34.4 Å². The third-order valence-electron chi connectivity index (χ3n) is 5.83. The Kier molecular flexibility index (Phi) is 7.74. The number of fused-ring (bicyclic) bond motifs is 1. The van der Waals surface area contributed by atoms with E-state index in [1.54, 1.807) is 44.2 Å². The highest BCUT2D eigenvalue weighted by molar-refractivity contribution is 7.85. The van der Waals surface area contributed by atoms with E-state index >= 15 is 0 Å². The van der Waals surface area contributed by atoms with Gasteiger partial charge in [0.25, 0.3) is 0 Å². The van der Waals surface area contributed by atoms with Gasteiger partial charge in [0.05, 0.1) is 33.3 Å². The summed E-state index contributed by atoms with van der Waals surface area (Å²) in [6.07, 6.45) is -2.59. The van der Waals surface area contributed by atoms with Crippen LogP contribution in [0.15, 0.2) is 52.5 Å². The van der Waals surface area contributed by atoms with E-state index in [1.165, 1.54) is 18.5 Å². The lowest BCUT2D eigenvalue weighted by Crippen LogP contribution is -2.51. The van der Waals surface area contributed by atoms with Gasteiger partial charge in [-0.05, 0) is 42.0 Å². The van der Waals surface area contributed by atoms with Crippen molar-refractivity contribution in [2.24, 2.45) is 0 Å². The van der Waals surface area contributed by atoms with E-state index in [2.05, 4.69) is 9.97 Å². The highest BCUT2D eigenvalue weighted by atomic mass is 32.2. The van der Waals surface area contributed by atoms with Gasteiger partial charge < -0.3 is 10.1 Å². The Morgan fingerprint density at radius 1 is 1.12 bits per heavy atom. The van der Waals surface area contributed by atoms with Gasteiger partial charge in [-0.15, -0.1) is 0 Å². The molecule has 3 aromatic rings. The van der Waals surface area contributed by atoms with E-state index in [1.807, 2.05) is 6.92 Å². The van der Waals surface area contributed by atoms with Crippen LogP contribution in [0.4, 0.5) is 13.2 Å². The Morgan fingerprint density at radius 2 is 1.79 bits per heavy atom. The van der Waals surface area contributed by atoms with Crippen molar-refractivity contribution in [3.63, 3.8) is 0 Å². The summed E-state index contributed by atoms with van der Waals surface area (Å²) in [5.74, 6) is 0.447. The average Bonchev–Trinajstić information content (AvgIpc) is 3.13. The molecule has 186 valence electrons. The number of aromatic nitrogens is 2. The lowest BCUT2D eigenvalue weighted by Gasteiger charge is -2.38. The zero-order valence-corrected chi connectivity index (χ0v) is 21.2. The lowest BCUT2D eigenvalue weighted by molar-refractivity contribution is -0.266. The number of aliphatic hydroxyl groups is 1. The van der Waals surface area contributed by atoms with E-state index in [0.717, 1.165) is 0 Å². The van der Waals surface area contributed by atoms with Crippen molar-refractivity contribution < 1.29 is 26.7 Å². The Bertz CT molecular complexity index is 1220. The monoisotopic (exact) mass is 514 g/mol. The van der Waals surface area contributed by atoms with Crippen LogP contribution in [0.3, 0.4) is 0 Å². The number of hydrogen-bond acceptors (Lipinski definition) is 4. The summed E-state index contributed by atoms with van der Waals surface area (Å²) >= 11 is 0. The Morgan fingerprint density at radius 3 is 2.41 bits per heavy atom. The van der Waals surface area contributed by atoms with E-state index in [0.29, 0.717) is 38.6 Å². The van der Waals surface area contributed by atoms with Gasteiger partial charge >= 0.3 is 6.18 Å². The molecular weight excluding hydrogens is 485 g/mol. The standard InChI is InChI=1S/C24H29F3N2O3S2/c1-5-10-34(32)21-12-16-11-17(29-19(16)14-28-21)13-23(30,24(25,26)27)15-22(2,3)18-8-6-7-9-20(18)33(4)31/h6-9,11-12,14,29-30H,5,10,13,15H2,1-4H3. The molecule has 2 aromatic heterocycles. The molecule has 0 radical (unpaired) electrons. The summed E-state index contributed by atoms with van der Waals surface area (Å²) in [7, 11) is -2.68. The molecule has 1 aromatic carbocycles.